The molecule has 4 heteroatoms. The van der Waals surface area contributed by atoms with Gasteiger partial charge < -0.3 is 10.2 Å². The molecule has 4 nitrogen and oxygen atoms in total. The third kappa shape index (κ3) is 3.45. The van der Waals surface area contributed by atoms with Crippen molar-refractivity contribution in [2.45, 2.75) is 39.7 Å². The van der Waals surface area contributed by atoms with E-state index >= 15 is 0 Å². The van der Waals surface area contributed by atoms with Crippen molar-refractivity contribution in [2.24, 2.45) is 0 Å². The lowest BCUT2D eigenvalue weighted by molar-refractivity contribution is 0.0737. The summed E-state index contributed by atoms with van der Waals surface area (Å²) in [5.41, 5.74) is 1.50. The maximum atomic E-state index is 12.4. The molecule has 1 N–H and O–H groups in total. The van der Waals surface area contributed by atoms with E-state index in [-0.39, 0.29) is 11.9 Å². The number of hydrogen-bond acceptors (Lipinski definition) is 3. The van der Waals surface area contributed by atoms with Gasteiger partial charge in [0.05, 0.1) is 11.3 Å². The maximum Gasteiger partial charge on any atom is 0.257 e. The first-order chi connectivity index (χ1) is 8.61. The fourth-order valence-electron chi connectivity index (χ4n) is 1.91. The highest BCUT2D eigenvalue weighted by Crippen LogP contribution is 2.17. The number of carbonyl (C=O) groups excluding carboxylic acids is 1. The van der Waals surface area contributed by atoms with E-state index in [2.05, 4.69) is 24.1 Å². The first-order valence-electron chi connectivity index (χ1n) is 6.56. The molecule has 0 radical (unpaired) electrons. The highest BCUT2D eigenvalue weighted by Gasteiger charge is 2.19. The van der Waals surface area contributed by atoms with Gasteiger partial charge in [-0.25, -0.2) is 0 Å². The fraction of sp³-hybridized carbons (Fsp3) is 0.571. The van der Waals surface area contributed by atoms with Crippen molar-refractivity contribution >= 4 is 11.6 Å². The first kappa shape index (κ1) is 14.5. The first-order valence-corrected chi connectivity index (χ1v) is 6.56. The van der Waals surface area contributed by atoms with Crippen molar-refractivity contribution in [1.82, 2.24) is 9.88 Å². The molecule has 0 fully saturated rings. The van der Waals surface area contributed by atoms with Crippen LogP contribution in [0, 0.1) is 0 Å². The number of rotatable bonds is 6. The summed E-state index contributed by atoms with van der Waals surface area (Å²) in [5.74, 6) is 0.0278. The van der Waals surface area contributed by atoms with Crippen LogP contribution in [0.2, 0.25) is 0 Å². The summed E-state index contributed by atoms with van der Waals surface area (Å²) in [6.07, 6.45) is 5.42. The van der Waals surface area contributed by atoms with Gasteiger partial charge >= 0.3 is 0 Å². The summed E-state index contributed by atoms with van der Waals surface area (Å²) >= 11 is 0. The molecule has 1 amide bonds. The van der Waals surface area contributed by atoms with Crippen LogP contribution in [0.15, 0.2) is 18.5 Å². The lowest BCUT2D eigenvalue weighted by Gasteiger charge is -2.25. The third-order valence-electron chi connectivity index (χ3n) is 3.11. The molecule has 0 bridgehead atoms. The standard InChI is InChI=1S/C14H23N3O/c1-5-7-11(3)17(4)14(18)12-10-15-9-8-13(12)16-6-2/h8-11H,5-7H2,1-4H3,(H,15,16). The zero-order valence-electron chi connectivity index (χ0n) is 11.7. The van der Waals surface area contributed by atoms with Crippen molar-refractivity contribution in [2.75, 3.05) is 18.9 Å². The average Bonchev–Trinajstić information content (AvgIpc) is 2.38. The summed E-state index contributed by atoms with van der Waals surface area (Å²) in [5, 5.41) is 3.20. The fourth-order valence-corrected chi connectivity index (χ4v) is 1.91. The van der Waals surface area contributed by atoms with Crippen molar-refractivity contribution in [1.29, 1.82) is 0 Å². The molecule has 0 aliphatic carbocycles. The topological polar surface area (TPSA) is 45.2 Å². The summed E-state index contributed by atoms with van der Waals surface area (Å²) < 4.78 is 0. The zero-order valence-corrected chi connectivity index (χ0v) is 11.7. The number of pyridine rings is 1. The largest absolute Gasteiger partial charge is 0.385 e. The van der Waals surface area contributed by atoms with Gasteiger partial charge in [-0.2, -0.15) is 0 Å². The lowest BCUT2D eigenvalue weighted by atomic mass is 10.1. The summed E-state index contributed by atoms with van der Waals surface area (Å²) in [6, 6.07) is 2.09. The second kappa shape index (κ2) is 6.99. The van der Waals surface area contributed by atoms with Crippen LogP contribution in [-0.4, -0.2) is 35.4 Å². The van der Waals surface area contributed by atoms with Crippen LogP contribution in [0.3, 0.4) is 0 Å². The summed E-state index contributed by atoms with van der Waals surface area (Å²) in [4.78, 5) is 18.2. The molecule has 1 rings (SSSR count). The third-order valence-corrected chi connectivity index (χ3v) is 3.11. The van der Waals surface area contributed by atoms with Gasteiger partial charge in [-0.05, 0) is 26.3 Å². The number of hydrogen-bond donors (Lipinski definition) is 1. The van der Waals surface area contributed by atoms with Gasteiger partial charge in [0.2, 0.25) is 0 Å². The van der Waals surface area contributed by atoms with Crippen LogP contribution in [0.4, 0.5) is 5.69 Å². The van der Waals surface area contributed by atoms with Gasteiger partial charge in [0, 0.05) is 32.0 Å². The molecule has 100 valence electrons. The predicted molar refractivity (Wildman–Crippen MR) is 74.9 cm³/mol. The highest BCUT2D eigenvalue weighted by atomic mass is 16.2. The van der Waals surface area contributed by atoms with Gasteiger partial charge in [-0.3, -0.25) is 9.78 Å². The van der Waals surface area contributed by atoms with Crippen LogP contribution in [0.1, 0.15) is 44.0 Å². The number of anilines is 1. The van der Waals surface area contributed by atoms with Crippen molar-refractivity contribution in [3.63, 3.8) is 0 Å². The van der Waals surface area contributed by atoms with E-state index in [4.69, 9.17) is 0 Å². The molecular formula is C14H23N3O. The van der Waals surface area contributed by atoms with Gasteiger partial charge in [0.25, 0.3) is 5.91 Å². The molecule has 1 unspecified atom stereocenters. The predicted octanol–water partition coefficient (Wildman–Crippen LogP) is 2.77. The monoisotopic (exact) mass is 249 g/mol. The molecule has 0 spiro atoms. The molecule has 1 heterocycles. The van der Waals surface area contributed by atoms with E-state index in [1.165, 1.54) is 0 Å². The number of aromatic nitrogens is 1. The molecule has 0 saturated heterocycles. The minimum Gasteiger partial charge on any atom is -0.385 e. The molecular weight excluding hydrogens is 226 g/mol. The SMILES string of the molecule is CCCC(C)N(C)C(=O)c1cnccc1NCC. The second-order valence-corrected chi connectivity index (χ2v) is 4.51. The quantitative estimate of drug-likeness (QED) is 0.843. The lowest BCUT2D eigenvalue weighted by Crippen LogP contribution is -2.35. The van der Waals surface area contributed by atoms with E-state index < -0.39 is 0 Å². The number of carbonyl (C=O) groups is 1. The van der Waals surface area contributed by atoms with E-state index in [1.54, 1.807) is 17.3 Å². The van der Waals surface area contributed by atoms with Gasteiger partial charge in [0.1, 0.15) is 0 Å². The molecule has 1 atom stereocenters. The highest BCUT2D eigenvalue weighted by molar-refractivity contribution is 5.99. The molecule has 18 heavy (non-hydrogen) atoms. The van der Waals surface area contributed by atoms with E-state index in [0.717, 1.165) is 25.1 Å². The number of nitrogens with zero attached hydrogens (tertiary/aromatic N) is 2. The van der Waals surface area contributed by atoms with Crippen LogP contribution in [-0.2, 0) is 0 Å². The number of nitrogens with one attached hydrogen (secondary N) is 1. The Kier molecular flexibility index (Phi) is 5.62. The van der Waals surface area contributed by atoms with Crippen LogP contribution >= 0.6 is 0 Å². The van der Waals surface area contributed by atoms with Crippen molar-refractivity contribution < 1.29 is 4.79 Å². The van der Waals surface area contributed by atoms with Gasteiger partial charge in [-0.15, -0.1) is 0 Å². The van der Waals surface area contributed by atoms with Crippen molar-refractivity contribution in [3.8, 4) is 0 Å². The van der Waals surface area contributed by atoms with Gasteiger partial charge in [-0.1, -0.05) is 13.3 Å². The Morgan fingerprint density at radius 3 is 2.83 bits per heavy atom. The van der Waals surface area contributed by atoms with E-state index in [1.807, 2.05) is 20.0 Å². The van der Waals surface area contributed by atoms with Gasteiger partial charge in [0.15, 0.2) is 0 Å². The Morgan fingerprint density at radius 1 is 1.50 bits per heavy atom. The Labute approximate surface area is 109 Å². The summed E-state index contributed by atoms with van der Waals surface area (Å²) in [6.45, 7) is 7.00. The number of amides is 1. The zero-order chi connectivity index (χ0) is 13.5. The molecule has 0 aliphatic heterocycles. The normalized spacial score (nSPS) is 12.0. The molecule has 0 saturated carbocycles. The molecule has 1 aromatic rings. The Hall–Kier alpha value is -1.58. The van der Waals surface area contributed by atoms with Crippen LogP contribution in [0.25, 0.3) is 0 Å². The summed E-state index contributed by atoms with van der Waals surface area (Å²) in [7, 11) is 1.85. The smallest absolute Gasteiger partial charge is 0.257 e. The van der Waals surface area contributed by atoms with E-state index in [0.29, 0.717) is 5.56 Å². The Bertz CT molecular complexity index is 392. The second-order valence-electron chi connectivity index (χ2n) is 4.51. The minimum absolute atomic E-state index is 0.0278. The van der Waals surface area contributed by atoms with Crippen LogP contribution in [0.5, 0.6) is 0 Å². The molecule has 0 aliphatic rings. The Balaban J connectivity index is 2.89. The van der Waals surface area contributed by atoms with Crippen molar-refractivity contribution in [3.05, 3.63) is 24.0 Å². The maximum absolute atomic E-state index is 12.4. The molecule has 1 aromatic heterocycles. The Morgan fingerprint density at radius 2 is 2.22 bits per heavy atom. The van der Waals surface area contributed by atoms with Crippen LogP contribution < -0.4 is 5.32 Å². The minimum atomic E-state index is 0.0278. The van der Waals surface area contributed by atoms with E-state index in [9.17, 15) is 4.79 Å². The molecule has 0 aromatic carbocycles. The average molecular weight is 249 g/mol.